The summed E-state index contributed by atoms with van der Waals surface area (Å²) in [6.07, 6.45) is -0.677. The van der Waals surface area contributed by atoms with Gasteiger partial charge >= 0.3 is 0 Å². The maximum absolute atomic E-state index is 12.2. The number of hydrogen-bond acceptors (Lipinski definition) is 8. The Morgan fingerprint density at radius 3 is 2.52 bits per heavy atom. The average Bonchev–Trinajstić information content (AvgIpc) is 3.45. The molecular weight excluding hydrogens is 597 g/mol. The molecule has 9 nitrogen and oxygen atoms in total. The second-order valence-corrected chi connectivity index (χ2v) is 12.2. The molecule has 2 heterocycles. The normalized spacial score (nSPS) is 19.4. The third-order valence-electron chi connectivity index (χ3n) is 6.13. The highest BCUT2D eigenvalue weighted by molar-refractivity contribution is 7.99. The van der Waals surface area contributed by atoms with E-state index >= 15 is 0 Å². The molecule has 13 heteroatoms. The fourth-order valence-electron chi connectivity index (χ4n) is 4.16. The number of nitrogens with zero attached hydrogens (tertiary/aromatic N) is 4. The van der Waals surface area contributed by atoms with Crippen LogP contribution in [0.5, 0.6) is 0 Å². The number of carbonyl (C=O) groups excluding carboxylic acids is 1. The molecule has 208 valence electrons. The zero-order valence-corrected chi connectivity index (χ0v) is 23.9. The topological polar surface area (TPSA) is 111 Å². The van der Waals surface area contributed by atoms with E-state index < -0.39 is 16.0 Å². The molecule has 0 bridgehead atoms. The smallest absolute Gasteiger partial charge is 0.276 e. The number of nitrogens with one attached hydrogen (secondary N) is 1. The van der Waals surface area contributed by atoms with Crippen LogP contribution in [0.15, 0.2) is 84.0 Å². The lowest BCUT2D eigenvalue weighted by molar-refractivity contribution is -0.245. The maximum Gasteiger partial charge on any atom is 0.276 e. The Kier molecular flexibility index (Phi) is 9.27. The number of alkyl halides is 3. The van der Waals surface area contributed by atoms with Gasteiger partial charge in [-0.1, -0.05) is 101 Å². The number of anilines is 1. The van der Waals surface area contributed by atoms with Gasteiger partial charge in [0.05, 0.1) is 24.5 Å². The number of halogens is 3. The molecule has 0 radical (unpaired) electrons. The van der Waals surface area contributed by atoms with Gasteiger partial charge in [-0.3, -0.25) is 4.79 Å². The first kappa shape index (κ1) is 28.8. The molecule has 2 N–H and O–H groups in total. The number of tetrazole rings is 1. The van der Waals surface area contributed by atoms with Crippen LogP contribution in [0.4, 0.5) is 5.69 Å². The highest BCUT2D eigenvalue weighted by Gasteiger charge is 2.34. The van der Waals surface area contributed by atoms with E-state index in [1.807, 2.05) is 60.7 Å². The van der Waals surface area contributed by atoms with Crippen LogP contribution < -0.4 is 5.32 Å². The van der Waals surface area contributed by atoms with Crippen LogP contribution in [-0.2, 0) is 20.9 Å². The summed E-state index contributed by atoms with van der Waals surface area (Å²) in [6.45, 7) is -0.0420. The van der Waals surface area contributed by atoms with Gasteiger partial charge in [0.1, 0.15) is 0 Å². The fraction of sp³-hybridized carbons (Fsp3) is 0.259. The van der Waals surface area contributed by atoms with Crippen molar-refractivity contribution in [3.8, 4) is 5.69 Å². The van der Waals surface area contributed by atoms with Crippen molar-refractivity contribution < 1.29 is 19.4 Å². The van der Waals surface area contributed by atoms with E-state index in [0.29, 0.717) is 28.6 Å². The highest BCUT2D eigenvalue weighted by atomic mass is 35.6. The van der Waals surface area contributed by atoms with E-state index in [1.165, 1.54) is 11.8 Å². The molecule has 1 aliphatic rings. The Bertz CT molecular complexity index is 1440. The van der Waals surface area contributed by atoms with Gasteiger partial charge in [-0.15, -0.1) is 5.10 Å². The van der Waals surface area contributed by atoms with Crippen LogP contribution in [-0.4, -0.2) is 46.9 Å². The zero-order valence-electron chi connectivity index (χ0n) is 20.9. The third kappa shape index (κ3) is 7.13. The molecule has 1 aliphatic heterocycles. The first-order chi connectivity index (χ1) is 19.3. The number of amides is 1. The molecule has 1 amide bonds. The summed E-state index contributed by atoms with van der Waals surface area (Å²) in [7, 11) is 0. The number of aliphatic hydroxyl groups is 1. The van der Waals surface area contributed by atoms with Gasteiger partial charge < -0.3 is 19.9 Å². The van der Waals surface area contributed by atoms with E-state index in [2.05, 4.69) is 20.8 Å². The lowest BCUT2D eigenvalue weighted by Gasteiger charge is -2.36. The number of benzene rings is 3. The van der Waals surface area contributed by atoms with E-state index in [-0.39, 0.29) is 18.8 Å². The van der Waals surface area contributed by atoms with Gasteiger partial charge in [0.15, 0.2) is 6.29 Å². The molecule has 0 spiro atoms. The molecule has 3 aromatic carbocycles. The van der Waals surface area contributed by atoms with Crippen molar-refractivity contribution >= 4 is 58.2 Å². The Labute approximate surface area is 249 Å². The van der Waals surface area contributed by atoms with Crippen LogP contribution >= 0.6 is 46.6 Å². The molecule has 4 aromatic rings. The van der Waals surface area contributed by atoms with Crippen LogP contribution in [0.1, 0.15) is 35.5 Å². The SMILES string of the molecule is O=C(Nc1cccc(C2OC(CSc3nnnn3-c3ccccc3)CC(c3ccc(CO)cc3)O2)c1)C(Cl)(Cl)Cl. The summed E-state index contributed by atoms with van der Waals surface area (Å²) >= 11 is 18.6. The lowest BCUT2D eigenvalue weighted by Crippen LogP contribution is -2.31. The van der Waals surface area contributed by atoms with Gasteiger partial charge in [-0.05, 0) is 45.8 Å². The Hall–Kier alpha value is -2.70. The monoisotopic (exact) mass is 619 g/mol. The van der Waals surface area contributed by atoms with Crippen molar-refractivity contribution in [2.45, 2.75) is 40.5 Å². The molecule has 3 unspecified atom stereocenters. The van der Waals surface area contributed by atoms with Crippen LogP contribution in [0.25, 0.3) is 5.69 Å². The summed E-state index contributed by atoms with van der Waals surface area (Å²) < 4.78 is 12.4. The average molecular weight is 621 g/mol. The number of rotatable bonds is 8. The second kappa shape index (κ2) is 12.9. The number of aromatic nitrogens is 4. The molecule has 40 heavy (non-hydrogen) atoms. The first-order valence-electron chi connectivity index (χ1n) is 12.3. The number of ether oxygens (including phenoxy) is 2. The minimum Gasteiger partial charge on any atom is -0.392 e. The summed E-state index contributed by atoms with van der Waals surface area (Å²) in [5, 5.41) is 24.8. The first-order valence-corrected chi connectivity index (χ1v) is 14.4. The Morgan fingerprint density at radius 1 is 1.02 bits per heavy atom. The van der Waals surface area contributed by atoms with Gasteiger partial charge in [0.25, 0.3) is 9.70 Å². The van der Waals surface area contributed by atoms with E-state index in [9.17, 15) is 9.90 Å². The lowest BCUT2D eigenvalue weighted by atomic mass is 10.0. The maximum atomic E-state index is 12.2. The molecular formula is C27H24Cl3N5O4S. The van der Waals surface area contributed by atoms with Crippen molar-refractivity contribution in [1.82, 2.24) is 20.2 Å². The molecule has 5 rings (SSSR count). The number of hydrogen-bond donors (Lipinski definition) is 2. The zero-order chi connectivity index (χ0) is 28.1. The number of aliphatic hydroxyl groups excluding tert-OH is 1. The van der Waals surface area contributed by atoms with Crippen molar-refractivity contribution in [3.63, 3.8) is 0 Å². The van der Waals surface area contributed by atoms with E-state index in [1.54, 1.807) is 22.9 Å². The largest absolute Gasteiger partial charge is 0.392 e. The van der Waals surface area contributed by atoms with Gasteiger partial charge in [-0.25, -0.2) is 0 Å². The van der Waals surface area contributed by atoms with Gasteiger partial charge in [-0.2, -0.15) is 4.68 Å². The van der Waals surface area contributed by atoms with Crippen LogP contribution in [0.3, 0.4) is 0 Å². The highest BCUT2D eigenvalue weighted by Crippen LogP contribution is 2.40. The van der Waals surface area contributed by atoms with E-state index in [4.69, 9.17) is 44.3 Å². The molecule has 0 saturated carbocycles. The van der Waals surface area contributed by atoms with Gasteiger partial charge in [0.2, 0.25) is 5.16 Å². The number of thioether (sulfide) groups is 1. The molecule has 1 aromatic heterocycles. The second-order valence-electron chi connectivity index (χ2n) is 8.95. The minimum absolute atomic E-state index is 0.0420. The fourth-order valence-corrected chi connectivity index (χ4v) is 5.21. The van der Waals surface area contributed by atoms with Crippen LogP contribution in [0.2, 0.25) is 0 Å². The third-order valence-corrected chi connectivity index (χ3v) is 7.70. The predicted molar refractivity (Wildman–Crippen MR) is 154 cm³/mol. The van der Waals surface area contributed by atoms with Crippen molar-refractivity contribution in [1.29, 1.82) is 0 Å². The van der Waals surface area contributed by atoms with E-state index in [0.717, 1.165) is 16.8 Å². The summed E-state index contributed by atoms with van der Waals surface area (Å²) in [6, 6.07) is 24.3. The molecule has 0 aliphatic carbocycles. The number of carbonyl (C=O) groups is 1. The standard InChI is InChI=1S/C27H24Cl3N5O4S/c28-27(29,30)25(37)31-20-6-4-5-19(13-20)24-38-22(14-23(39-24)18-11-9-17(15-36)10-12-18)16-40-26-32-33-34-35(26)21-7-2-1-3-8-21/h1-13,22-24,36H,14-16H2,(H,31,37). The minimum atomic E-state index is -2.10. The summed E-state index contributed by atoms with van der Waals surface area (Å²) in [5.41, 5.74) is 3.74. The van der Waals surface area contributed by atoms with Crippen molar-refractivity contribution in [2.24, 2.45) is 0 Å². The number of para-hydroxylation sites is 1. The Balaban J connectivity index is 1.36. The van der Waals surface area contributed by atoms with Crippen molar-refractivity contribution in [3.05, 3.63) is 95.6 Å². The predicted octanol–water partition coefficient (Wildman–Crippen LogP) is 5.80. The Morgan fingerprint density at radius 2 is 1.80 bits per heavy atom. The molecule has 3 atom stereocenters. The van der Waals surface area contributed by atoms with Crippen molar-refractivity contribution in [2.75, 3.05) is 11.1 Å². The van der Waals surface area contributed by atoms with Crippen LogP contribution in [0, 0.1) is 0 Å². The summed E-state index contributed by atoms with van der Waals surface area (Å²) in [4.78, 5) is 12.2. The van der Waals surface area contributed by atoms with Gasteiger partial charge in [0, 0.05) is 23.4 Å². The summed E-state index contributed by atoms with van der Waals surface area (Å²) in [5.74, 6) is -0.213. The molecule has 1 saturated heterocycles. The quantitative estimate of drug-likeness (QED) is 0.188. The molecule has 1 fully saturated rings.